The van der Waals surface area contributed by atoms with E-state index in [4.69, 9.17) is 0 Å². The van der Waals surface area contributed by atoms with Crippen LogP contribution in [0.5, 0.6) is 0 Å². The van der Waals surface area contributed by atoms with Crippen LogP contribution in [0.2, 0.25) is 0 Å². The van der Waals surface area contributed by atoms with E-state index in [1.807, 2.05) is 0 Å². The van der Waals surface area contributed by atoms with Gasteiger partial charge in [-0.2, -0.15) is 123 Å². The number of carboxylic acid groups (broad SMARTS) is 4. The molecule has 0 aliphatic rings. The summed E-state index contributed by atoms with van der Waals surface area (Å²) in [4.78, 5) is 161. The van der Waals surface area contributed by atoms with E-state index in [0.717, 1.165) is 0 Å². The van der Waals surface area contributed by atoms with Crippen molar-refractivity contribution in [2.75, 3.05) is 0 Å². The van der Waals surface area contributed by atoms with Crippen LogP contribution >= 0.6 is 0 Å². The number of alkyl halides is 28. The topological polar surface area (TPSA) is 365 Å². The van der Waals surface area contributed by atoms with Crippen molar-refractivity contribution >= 4 is 93.3 Å². The number of ketones is 12. The standard InChI is InChI=1S/4C7HF7O5.2Cu/c4*8-5(9,1(15)2(16)17)3(18)6(10,11)4(19)7(12,13)14;;/h4*(H,16,17);;/q;;;;2*+2/p-4. The molecular formula is C28Cu2F28O20. The Bertz CT molecular complexity index is 2150. The summed E-state index contributed by atoms with van der Waals surface area (Å²) < 4.78 is 341. The molecule has 0 aromatic heterocycles. The minimum Gasteiger partial charge on any atom is -0.542 e. The van der Waals surface area contributed by atoms with Crippen molar-refractivity contribution in [1.82, 2.24) is 0 Å². The largest absolute Gasteiger partial charge is 2.00 e. The number of Topliss-reactive ketones (excluding diaryl/α,β-unsaturated/α-hetero) is 12. The molecule has 0 saturated carbocycles. The van der Waals surface area contributed by atoms with Crippen molar-refractivity contribution < 1.29 is 254 Å². The molecule has 0 unspecified atom stereocenters. The zero-order valence-corrected chi connectivity index (χ0v) is 35.2. The van der Waals surface area contributed by atoms with Gasteiger partial charge in [-0.25, -0.2) is 0 Å². The summed E-state index contributed by atoms with van der Waals surface area (Å²) in [7, 11) is 0. The average molecular weight is 1320 g/mol. The molecule has 0 spiro atoms. The molecule has 78 heavy (non-hydrogen) atoms. The third-order valence-electron chi connectivity index (χ3n) is 6.33. The first kappa shape index (κ1) is 82.3. The molecule has 0 aromatic rings. The minimum atomic E-state index is -6.35. The van der Waals surface area contributed by atoms with Crippen LogP contribution in [0.4, 0.5) is 123 Å². The number of aliphatic carboxylic acids is 4. The van der Waals surface area contributed by atoms with Gasteiger partial charge in [-0.15, -0.1) is 0 Å². The van der Waals surface area contributed by atoms with Crippen LogP contribution in [0.15, 0.2) is 0 Å². The molecule has 0 rings (SSSR count). The fourth-order valence-corrected chi connectivity index (χ4v) is 2.84. The molecule has 0 bridgehead atoms. The van der Waals surface area contributed by atoms with Crippen molar-refractivity contribution in [3.63, 3.8) is 0 Å². The molecule has 0 N–H and O–H groups in total. The number of carbonyl (C=O) groups excluding carboxylic acids is 16. The third-order valence-corrected chi connectivity index (χ3v) is 6.33. The Kier molecular flexibility index (Phi) is 27.6. The molecule has 0 aliphatic carbocycles. The zero-order chi connectivity index (χ0) is 63.2. The van der Waals surface area contributed by atoms with Crippen LogP contribution < -0.4 is 20.4 Å². The maximum atomic E-state index is 12.6. The van der Waals surface area contributed by atoms with Gasteiger partial charge in [0.15, 0.2) is 0 Å². The first-order valence-corrected chi connectivity index (χ1v) is 15.4. The Morgan fingerprint density at radius 2 is 0.269 bits per heavy atom. The van der Waals surface area contributed by atoms with E-state index in [-0.39, 0.29) is 34.1 Å². The van der Waals surface area contributed by atoms with Gasteiger partial charge in [0.2, 0.25) is 0 Å². The predicted octanol–water partition coefficient (Wildman–Crippen LogP) is -2.90. The number of carbonyl (C=O) groups is 16. The van der Waals surface area contributed by atoms with E-state index < -0.39 is 165 Å². The van der Waals surface area contributed by atoms with E-state index in [1.165, 1.54) is 0 Å². The minimum absolute atomic E-state index is 0. The molecular weight excluding hydrogens is 1320 g/mol. The van der Waals surface area contributed by atoms with Gasteiger partial charge in [0.1, 0.15) is 23.9 Å². The second-order valence-corrected chi connectivity index (χ2v) is 11.7. The Balaban J connectivity index is -0.000000220. The van der Waals surface area contributed by atoms with E-state index in [2.05, 4.69) is 0 Å². The van der Waals surface area contributed by atoms with Crippen molar-refractivity contribution in [2.45, 2.75) is 72.1 Å². The summed E-state index contributed by atoms with van der Waals surface area (Å²) in [5, 5.41) is 38.8. The molecule has 50 heteroatoms. The van der Waals surface area contributed by atoms with Crippen molar-refractivity contribution in [1.29, 1.82) is 0 Å². The maximum absolute atomic E-state index is 12.6. The number of halogens is 28. The SMILES string of the molecule is O=C([O-])C(=O)C(F)(F)C(=O)C(F)(F)C(=O)C(F)(F)F.O=C([O-])C(=O)C(F)(F)C(=O)C(F)(F)C(=O)C(F)(F)F.O=C([O-])C(=O)C(F)(F)C(=O)C(F)(F)C(=O)C(F)(F)F.O=C([O-])C(=O)C(F)(F)C(=O)C(F)(F)C(=O)C(F)(F)F.[Cu+2].[Cu+2]. The number of carboxylic acids is 4. The molecule has 0 saturated heterocycles. The average Bonchev–Trinajstić information content (AvgIpc) is 3.24. The molecule has 450 valence electrons. The van der Waals surface area contributed by atoms with E-state index in [1.54, 1.807) is 0 Å². The second kappa shape index (κ2) is 26.1. The maximum Gasteiger partial charge on any atom is 2.00 e. The molecule has 0 atom stereocenters. The van der Waals surface area contributed by atoms with Gasteiger partial charge >= 0.3 is 129 Å². The van der Waals surface area contributed by atoms with Gasteiger partial charge in [0.25, 0.3) is 46.3 Å². The van der Waals surface area contributed by atoms with Gasteiger partial charge in [-0.05, 0) is 0 Å². The van der Waals surface area contributed by atoms with Crippen molar-refractivity contribution in [3.05, 3.63) is 0 Å². The predicted molar refractivity (Wildman–Crippen MR) is 144 cm³/mol. The first-order valence-electron chi connectivity index (χ1n) is 15.4. The first-order chi connectivity index (χ1) is 32.7. The Morgan fingerprint density at radius 1 is 0.179 bits per heavy atom. The van der Waals surface area contributed by atoms with Gasteiger partial charge < -0.3 is 39.6 Å². The van der Waals surface area contributed by atoms with Crippen LogP contribution in [-0.2, 0) is 111 Å². The van der Waals surface area contributed by atoms with E-state index in [0.29, 0.717) is 0 Å². The van der Waals surface area contributed by atoms with Crippen molar-refractivity contribution in [2.24, 2.45) is 0 Å². The smallest absolute Gasteiger partial charge is 0.542 e. The van der Waals surface area contributed by atoms with Gasteiger partial charge in [0, 0.05) is 0 Å². The van der Waals surface area contributed by atoms with Crippen LogP contribution in [0.25, 0.3) is 0 Å². The Morgan fingerprint density at radius 3 is 0.333 bits per heavy atom. The summed E-state index contributed by atoms with van der Waals surface area (Å²) in [6.45, 7) is 0. The third kappa shape index (κ3) is 19.2. The summed E-state index contributed by atoms with van der Waals surface area (Å²) in [6.07, 6.45) is -25.4. The normalized spacial score (nSPS) is 12.7. The monoisotopic (exact) mass is 1310 g/mol. The zero-order valence-electron chi connectivity index (χ0n) is 33.4. The fourth-order valence-electron chi connectivity index (χ4n) is 2.84. The molecule has 0 heterocycles. The summed E-state index contributed by atoms with van der Waals surface area (Å²) in [6, 6.07) is 0. The number of hydrogen-bond acceptors (Lipinski definition) is 20. The van der Waals surface area contributed by atoms with Crippen molar-refractivity contribution in [3.8, 4) is 0 Å². The van der Waals surface area contributed by atoms with Crippen LogP contribution in [-0.4, -0.2) is 165 Å². The fraction of sp³-hybridized carbons (Fsp3) is 0.429. The molecule has 0 aromatic carbocycles. The summed E-state index contributed by atoms with van der Waals surface area (Å²) in [5.41, 5.74) is 0. The Labute approximate surface area is 419 Å². The van der Waals surface area contributed by atoms with Gasteiger partial charge in [-0.1, -0.05) is 0 Å². The Hall–Kier alpha value is -7.00. The van der Waals surface area contributed by atoms with Gasteiger partial charge in [-0.3, -0.25) is 57.5 Å². The number of hydrogen-bond donors (Lipinski definition) is 0. The molecule has 2 radical (unpaired) electrons. The van der Waals surface area contributed by atoms with Crippen LogP contribution in [0.1, 0.15) is 0 Å². The second-order valence-electron chi connectivity index (χ2n) is 11.7. The molecule has 20 nitrogen and oxygen atoms in total. The van der Waals surface area contributed by atoms with Gasteiger partial charge in [0.05, 0.1) is 0 Å². The van der Waals surface area contributed by atoms with E-state index >= 15 is 0 Å². The van der Waals surface area contributed by atoms with Crippen LogP contribution in [0.3, 0.4) is 0 Å². The van der Waals surface area contributed by atoms with E-state index in [9.17, 15) is 220 Å². The molecule has 0 fully saturated rings. The molecule has 0 amide bonds. The number of rotatable bonds is 20. The summed E-state index contributed by atoms with van der Waals surface area (Å²) >= 11 is 0. The van der Waals surface area contributed by atoms with Crippen LogP contribution in [0, 0.1) is 0 Å². The molecule has 0 aliphatic heterocycles. The summed E-state index contributed by atoms with van der Waals surface area (Å²) in [5.74, 6) is -110. The quantitative estimate of drug-likeness (QED) is 0.0511.